The zero-order valence-corrected chi connectivity index (χ0v) is 13.0. The van der Waals surface area contributed by atoms with Crippen LogP contribution in [-0.4, -0.2) is 21.2 Å². The van der Waals surface area contributed by atoms with E-state index in [2.05, 4.69) is 10.2 Å². The van der Waals surface area contributed by atoms with Gasteiger partial charge in [-0.3, -0.25) is 0 Å². The molecule has 2 aromatic carbocycles. The average Bonchev–Trinajstić information content (AvgIpc) is 2.77. The summed E-state index contributed by atoms with van der Waals surface area (Å²) in [5.41, 5.74) is 1.79. The van der Waals surface area contributed by atoms with Crippen LogP contribution in [0.4, 0.5) is 15.8 Å². The maximum atomic E-state index is 13.7. The molecule has 1 N–H and O–H groups in total. The van der Waals surface area contributed by atoms with Gasteiger partial charge in [-0.15, -0.1) is 5.11 Å². The number of benzene rings is 2. The second-order valence-corrected chi connectivity index (χ2v) is 6.51. The lowest BCUT2D eigenvalue weighted by Gasteiger charge is -2.27. The molecule has 6 heteroatoms. The van der Waals surface area contributed by atoms with E-state index in [9.17, 15) is 9.50 Å². The van der Waals surface area contributed by atoms with Crippen molar-refractivity contribution in [1.29, 1.82) is 0 Å². The number of fused-ring (bicyclic) bond motifs is 1. The Morgan fingerprint density at radius 1 is 1.09 bits per heavy atom. The second-order valence-electron chi connectivity index (χ2n) is 5.43. The molecule has 3 aromatic rings. The lowest BCUT2D eigenvalue weighted by molar-refractivity contribution is 0.406. The van der Waals surface area contributed by atoms with Crippen molar-refractivity contribution in [3.05, 3.63) is 54.3 Å². The van der Waals surface area contributed by atoms with Gasteiger partial charge in [0.25, 0.3) is 0 Å². The van der Waals surface area contributed by atoms with Crippen molar-refractivity contribution < 1.29 is 9.50 Å². The summed E-state index contributed by atoms with van der Waals surface area (Å²) in [7, 11) is 0. The van der Waals surface area contributed by atoms with Gasteiger partial charge < -0.3 is 9.67 Å². The Hall–Kier alpha value is -2.34. The van der Waals surface area contributed by atoms with Gasteiger partial charge in [0.2, 0.25) is 5.88 Å². The van der Waals surface area contributed by atoms with E-state index in [-0.39, 0.29) is 17.7 Å². The topological polar surface area (TPSA) is 49.9 Å². The molecule has 1 aliphatic rings. The molecule has 0 amide bonds. The predicted molar refractivity (Wildman–Crippen MR) is 90.5 cm³/mol. The number of aromatic hydroxyl groups is 1. The maximum Gasteiger partial charge on any atom is 0.221 e. The zero-order chi connectivity index (χ0) is 15.8. The monoisotopic (exact) mass is 327 g/mol. The van der Waals surface area contributed by atoms with Crippen molar-refractivity contribution >= 4 is 34.0 Å². The Bertz CT molecular complexity index is 888. The molecule has 0 bridgehead atoms. The number of aromatic nitrogens is 1. The van der Waals surface area contributed by atoms with Gasteiger partial charge in [0.05, 0.1) is 17.2 Å². The van der Waals surface area contributed by atoms with Crippen molar-refractivity contribution in [1.82, 2.24) is 4.57 Å². The third kappa shape index (κ3) is 2.49. The fourth-order valence-electron chi connectivity index (χ4n) is 2.70. The molecular formula is C17H14FN3OS. The fourth-order valence-corrected chi connectivity index (χ4v) is 3.44. The van der Waals surface area contributed by atoms with Crippen LogP contribution in [0, 0.1) is 5.82 Å². The summed E-state index contributed by atoms with van der Waals surface area (Å²) >= 11 is 1.82. The molecule has 0 unspecified atom stereocenters. The van der Waals surface area contributed by atoms with E-state index in [1.807, 2.05) is 46.7 Å². The molecule has 0 spiro atoms. The van der Waals surface area contributed by atoms with Gasteiger partial charge >= 0.3 is 0 Å². The third-order valence-electron chi connectivity index (χ3n) is 3.92. The van der Waals surface area contributed by atoms with Gasteiger partial charge in [0.1, 0.15) is 5.82 Å². The highest BCUT2D eigenvalue weighted by Crippen LogP contribution is 2.45. The number of rotatable bonds is 3. The van der Waals surface area contributed by atoms with E-state index in [1.165, 1.54) is 12.1 Å². The van der Waals surface area contributed by atoms with Crippen molar-refractivity contribution in [3.63, 3.8) is 0 Å². The van der Waals surface area contributed by atoms with Crippen molar-refractivity contribution in [2.45, 2.75) is 6.04 Å². The molecule has 23 heavy (non-hydrogen) atoms. The molecule has 0 radical (unpaired) electrons. The lowest BCUT2D eigenvalue weighted by atomic mass is 10.2. The smallest absolute Gasteiger partial charge is 0.221 e. The van der Waals surface area contributed by atoms with Crippen molar-refractivity contribution in [2.24, 2.45) is 10.2 Å². The van der Waals surface area contributed by atoms with Gasteiger partial charge in [0, 0.05) is 16.9 Å². The first kappa shape index (κ1) is 14.3. The van der Waals surface area contributed by atoms with E-state index in [4.69, 9.17) is 0 Å². The van der Waals surface area contributed by atoms with Gasteiger partial charge in [-0.1, -0.05) is 18.2 Å². The number of nitrogens with zero attached hydrogens (tertiary/aromatic N) is 3. The van der Waals surface area contributed by atoms with Crippen molar-refractivity contribution in [2.75, 3.05) is 11.5 Å². The Labute approximate surface area is 136 Å². The third-order valence-corrected chi connectivity index (χ3v) is 5.16. The Morgan fingerprint density at radius 2 is 1.87 bits per heavy atom. The Balaban J connectivity index is 1.86. The average molecular weight is 327 g/mol. The van der Waals surface area contributed by atoms with E-state index in [1.54, 1.807) is 6.07 Å². The molecule has 116 valence electrons. The standard InChI is InChI=1S/C17H14FN3OS/c18-11-6-7-15-14(8-11)16(17(22)21(15)13-9-23-10-13)20-19-12-4-2-1-3-5-12/h1-8,13,22H,9-10H2. The summed E-state index contributed by atoms with van der Waals surface area (Å²) < 4.78 is 15.5. The lowest BCUT2D eigenvalue weighted by Crippen LogP contribution is -2.22. The zero-order valence-electron chi connectivity index (χ0n) is 12.2. The van der Waals surface area contributed by atoms with E-state index < -0.39 is 0 Å². The van der Waals surface area contributed by atoms with Gasteiger partial charge in [-0.2, -0.15) is 16.9 Å². The molecule has 1 aliphatic heterocycles. The molecule has 2 heterocycles. The summed E-state index contributed by atoms with van der Waals surface area (Å²) in [5, 5.41) is 19.5. The summed E-state index contributed by atoms with van der Waals surface area (Å²) in [6.45, 7) is 0. The van der Waals surface area contributed by atoms with E-state index in [0.29, 0.717) is 16.8 Å². The van der Waals surface area contributed by atoms with Crippen LogP contribution in [0.3, 0.4) is 0 Å². The number of hydrogen-bond donors (Lipinski definition) is 1. The van der Waals surface area contributed by atoms with Crippen LogP contribution >= 0.6 is 11.8 Å². The van der Waals surface area contributed by atoms with Crippen LogP contribution in [0.2, 0.25) is 0 Å². The highest BCUT2D eigenvalue weighted by molar-refractivity contribution is 8.00. The number of hydrogen-bond acceptors (Lipinski definition) is 4. The normalized spacial score (nSPS) is 15.3. The molecule has 1 aromatic heterocycles. The first-order chi connectivity index (χ1) is 11.2. The van der Waals surface area contributed by atoms with Gasteiger partial charge in [-0.25, -0.2) is 4.39 Å². The maximum absolute atomic E-state index is 13.7. The van der Waals surface area contributed by atoms with E-state index in [0.717, 1.165) is 17.0 Å². The van der Waals surface area contributed by atoms with Crippen LogP contribution in [0.15, 0.2) is 58.8 Å². The van der Waals surface area contributed by atoms with Crippen LogP contribution in [0.1, 0.15) is 6.04 Å². The highest BCUT2D eigenvalue weighted by atomic mass is 32.2. The number of thioether (sulfide) groups is 1. The number of halogens is 1. The SMILES string of the molecule is Oc1c(N=Nc2ccccc2)c2cc(F)ccc2n1C1CSC1. The summed E-state index contributed by atoms with van der Waals surface area (Å²) in [6.07, 6.45) is 0. The minimum absolute atomic E-state index is 0.0515. The largest absolute Gasteiger partial charge is 0.493 e. The van der Waals surface area contributed by atoms with Crippen molar-refractivity contribution in [3.8, 4) is 5.88 Å². The number of azo groups is 1. The first-order valence-electron chi connectivity index (χ1n) is 7.31. The van der Waals surface area contributed by atoms with E-state index >= 15 is 0 Å². The molecule has 1 fully saturated rings. The van der Waals surface area contributed by atoms with Gasteiger partial charge in [0.15, 0.2) is 5.69 Å². The Kier molecular flexibility index (Phi) is 3.53. The molecular weight excluding hydrogens is 313 g/mol. The van der Waals surface area contributed by atoms with Crippen LogP contribution in [0.25, 0.3) is 10.9 Å². The second kappa shape index (κ2) is 5.70. The molecule has 1 saturated heterocycles. The minimum atomic E-state index is -0.353. The van der Waals surface area contributed by atoms with Crippen LogP contribution in [0.5, 0.6) is 5.88 Å². The molecule has 4 nitrogen and oxygen atoms in total. The summed E-state index contributed by atoms with van der Waals surface area (Å²) in [5.74, 6) is 1.57. The fraction of sp³-hybridized carbons (Fsp3) is 0.176. The summed E-state index contributed by atoms with van der Waals surface area (Å²) in [6, 6.07) is 14.0. The molecule has 4 rings (SSSR count). The summed E-state index contributed by atoms with van der Waals surface area (Å²) in [4.78, 5) is 0. The highest BCUT2D eigenvalue weighted by Gasteiger charge is 2.27. The quantitative estimate of drug-likeness (QED) is 0.673. The van der Waals surface area contributed by atoms with Gasteiger partial charge in [-0.05, 0) is 30.3 Å². The first-order valence-corrected chi connectivity index (χ1v) is 8.46. The molecule has 0 saturated carbocycles. The van der Waals surface area contributed by atoms with Crippen LogP contribution < -0.4 is 0 Å². The Morgan fingerprint density at radius 3 is 2.57 bits per heavy atom. The van der Waals surface area contributed by atoms with Crippen LogP contribution in [-0.2, 0) is 0 Å². The predicted octanol–water partition coefficient (Wildman–Crippen LogP) is 5.19. The minimum Gasteiger partial charge on any atom is -0.493 e. The molecule has 0 atom stereocenters. The molecule has 0 aliphatic carbocycles.